The summed E-state index contributed by atoms with van der Waals surface area (Å²) in [6.07, 6.45) is 0. The highest BCUT2D eigenvalue weighted by Crippen LogP contribution is 2.28. The van der Waals surface area contributed by atoms with E-state index in [2.05, 4.69) is 5.32 Å². The third-order valence-electron chi connectivity index (χ3n) is 2.67. The predicted octanol–water partition coefficient (Wildman–Crippen LogP) is 1.49. The van der Waals surface area contributed by atoms with E-state index in [1.54, 1.807) is 13.8 Å². The summed E-state index contributed by atoms with van der Waals surface area (Å²) < 4.78 is 0. The molecule has 1 aromatic rings. The second-order valence-corrected chi connectivity index (χ2v) is 4.90. The molecule has 20 heavy (non-hydrogen) atoms. The van der Waals surface area contributed by atoms with Crippen molar-refractivity contribution in [3.8, 4) is 0 Å². The van der Waals surface area contributed by atoms with Crippen LogP contribution in [0.15, 0.2) is 18.2 Å². The summed E-state index contributed by atoms with van der Waals surface area (Å²) in [6, 6.07) is 3.07. The number of carbonyl (C=O) groups is 2. The zero-order valence-corrected chi connectivity index (χ0v) is 11.7. The number of nitro benzene ring substituents is 1. The normalized spacial score (nSPS) is 12.0. The molecule has 0 radical (unpaired) electrons. The van der Waals surface area contributed by atoms with Crippen molar-refractivity contribution in [3.63, 3.8) is 0 Å². The standard InChI is InChI=1S/C12H14ClN3O4/c1-6(2)9(11(14)17)15-12(18)7-4-3-5-8(13)10(7)16(19)20/h3-6,9H,1-2H3,(H2,14,17)(H,15,18). The number of para-hydroxylation sites is 1. The van der Waals surface area contributed by atoms with Crippen LogP contribution >= 0.6 is 11.6 Å². The number of amides is 2. The number of halogens is 1. The molecule has 0 aliphatic carbocycles. The van der Waals surface area contributed by atoms with Crippen molar-refractivity contribution in [2.75, 3.05) is 0 Å². The molecule has 0 saturated carbocycles. The van der Waals surface area contributed by atoms with Gasteiger partial charge in [0.1, 0.15) is 16.6 Å². The minimum absolute atomic E-state index is 0.150. The van der Waals surface area contributed by atoms with Gasteiger partial charge in [-0.05, 0) is 18.1 Å². The number of rotatable bonds is 5. The number of nitrogens with two attached hydrogens (primary N) is 1. The first kappa shape index (κ1) is 15.9. The first-order chi connectivity index (χ1) is 9.25. The van der Waals surface area contributed by atoms with Crippen molar-refractivity contribution < 1.29 is 14.5 Å². The monoisotopic (exact) mass is 299 g/mol. The van der Waals surface area contributed by atoms with Gasteiger partial charge in [-0.1, -0.05) is 31.5 Å². The van der Waals surface area contributed by atoms with Crippen LogP contribution in [0.5, 0.6) is 0 Å². The number of primary amides is 1. The molecule has 0 fully saturated rings. The van der Waals surface area contributed by atoms with Crippen LogP contribution in [0.2, 0.25) is 5.02 Å². The molecule has 3 N–H and O–H groups in total. The van der Waals surface area contributed by atoms with Crippen LogP contribution in [0.4, 0.5) is 5.69 Å². The molecule has 0 spiro atoms. The number of nitrogens with one attached hydrogen (secondary N) is 1. The van der Waals surface area contributed by atoms with E-state index in [1.165, 1.54) is 18.2 Å². The van der Waals surface area contributed by atoms with E-state index in [0.717, 1.165) is 0 Å². The molecule has 0 aromatic heterocycles. The molecule has 0 aliphatic heterocycles. The molecular formula is C12H14ClN3O4. The Kier molecular flexibility index (Phi) is 5.04. The van der Waals surface area contributed by atoms with Gasteiger partial charge in [-0.15, -0.1) is 0 Å². The van der Waals surface area contributed by atoms with Crippen molar-refractivity contribution in [1.29, 1.82) is 0 Å². The van der Waals surface area contributed by atoms with Crippen LogP contribution in [0.25, 0.3) is 0 Å². The maximum Gasteiger partial charge on any atom is 0.300 e. The molecule has 0 heterocycles. The van der Waals surface area contributed by atoms with Gasteiger partial charge < -0.3 is 11.1 Å². The van der Waals surface area contributed by atoms with E-state index in [1.807, 2.05) is 0 Å². The summed E-state index contributed by atoms with van der Waals surface area (Å²) in [5, 5.41) is 13.2. The van der Waals surface area contributed by atoms with Crippen LogP contribution in [-0.4, -0.2) is 22.8 Å². The zero-order chi connectivity index (χ0) is 15.4. The van der Waals surface area contributed by atoms with Crippen molar-refractivity contribution in [1.82, 2.24) is 5.32 Å². The van der Waals surface area contributed by atoms with E-state index in [4.69, 9.17) is 17.3 Å². The fourth-order valence-corrected chi connectivity index (χ4v) is 1.91. The van der Waals surface area contributed by atoms with Gasteiger partial charge in [0.25, 0.3) is 5.91 Å². The second-order valence-electron chi connectivity index (χ2n) is 4.49. The molecule has 8 heteroatoms. The maximum absolute atomic E-state index is 12.1. The smallest absolute Gasteiger partial charge is 0.300 e. The first-order valence-electron chi connectivity index (χ1n) is 5.78. The summed E-state index contributed by atoms with van der Waals surface area (Å²) in [5.41, 5.74) is 4.46. The van der Waals surface area contributed by atoms with E-state index >= 15 is 0 Å². The van der Waals surface area contributed by atoms with Gasteiger partial charge in [0.05, 0.1) is 4.92 Å². The highest BCUT2D eigenvalue weighted by molar-refractivity contribution is 6.33. The molecule has 1 unspecified atom stereocenters. The Balaban J connectivity index is 3.13. The van der Waals surface area contributed by atoms with Gasteiger partial charge in [-0.25, -0.2) is 0 Å². The second kappa shape index (κ2) is 6.33. The first-order valence-corrected chi connectivity index (χ1v) is 6.16. The molecule has 1 aromatic carbocycles. The minimum atomic E-state index is -0.916. The largest absolute Gasteiger partial charge is 0.368 e. The third-order valence-corrected chi connectivity index (χ3v) is 2.98. The summed E-state index contributed by atoms with van der Waals surface area (Å²) >= 11 is 5.72. The van der Waals surface area contributed by atoms with Crippen LogP contribution in [0.3, 0.4) is 0 Å². The van der Waals surface area contributed by atoms with Crippen molar-refractivity contribution >= 4 is 29.1 Å². The number of benzene rings is 1. The number of nitrogens with zero attached hydrogens (tertiary/aromatic N) is 1. The Morgan fingerprint density at radius 3 is 2.45 bits per heavy atom. The molecule has 2 amide bonds. The van der Waals surface area contributed by atoms with Gasteiger partial charge in [0.15, 0.2) is 0 Å². The van der Waals surface area contributed by atoms with Crippen LogP contribution < -0.4 is 11.1 Å². The lowest BCUT2D eigenvalue weighted by Gasteiger charge is -2.18. The quantitative estimate of drug-likeness (QED) is 0.633. The van der Waals surface area contributed by atoms with Gasteiger partial charge >= 0.3 is 5.69 Å². The highest BCUT2D eigenvalue weighted by Gasteiger charge is 2.28. The number of hydrogen-bond donors (Lipinski definition) is 2. The lowest BCUT2D eigenvalue weighted by Crippen LogP contribution is -2.47. The molecule has 1 rings (SSSR count). The molecule has 1 atom stereocenters. The van der Waals surface area contributed by atoms with Crippen LogP contribution in [-0.2, 0) is 4.79 Å². The topological polar surface area (TPSA) is 115 Å². The summed E-state index contributed by atoms with van der Waals surface area (Å²) in [6.45, 7) is 3.39. The van der Waals surface area contributed by atoms with Crippen LogP contribution in [0, 0.1) is 16.0 Å². The van der Waals surface area contributed by atoms with Crippen LogP contribution in [0.1, 0.15) is 24.2 Å². The Morgan fingerprint density at radius 1 is 1.40 bits per heavy atom. The predicted molar refractivity (Wildman–Crippen MR) is 73.4 cm³/mol. The molecule has 0 aliphatic rings. The summed E-state index contributed by atoms with van der Waals surface area (Å²) in [4.78, 5) is 33.5. The average Bonchev–Trinajstić information content (AvgIpc) is 2.33. The number of hydrogen-bond acceptors (Lipinski definition) is 4. The van der Waals surface area contributed by atoms with E-state index < -0.39 is 28.5 Å². The third kappa shape index (κ3) is 3.45. The maximum atomic E-state index is 12.1. The fraction of sp³-hybridized carbons (Fsp3) is 0.333. The minimum Gasteiger partial charge on any atom is -0.368 e. The highest BCUT2D eigenvalue weighted by atomic mass is 35.5. The Labute approximate surface area is 120 Å². The Hall–Kier alpha value is -2.15. The van der Waals surface area contributed by atoms with Gasteiger partial charge in [-0.3, -0.25) is 19.7 Å². The van der Waals surface area contributed by atoms with E-state index in [-0.39, 0.29) is 16.5 Å². The molecule has 108 valence electrons. The average molecular weight is 300 g/mol. The lowest BCUT2D eigenvalue weighted by atomic mass is 10.0. The van der Waals surface area contributed by atoms with Crippen molar-refractivity contribution in [3.05, 3.63) is 38.9 Å². The summed E-state index contributed by atoms with van der Waals surface area (Å²) in [7, 11) is 0. The van der Waals surface area contributed by atoms with Gasteiger partial charge in [0, 0.05) is 0 Å². The number of carbonyl (C=O) groups excluding carboxylic acids is 2. The summed E-state index contributed by atoms with van der Waals surface area (Å²) in [5.74, 6) is -1.72. The Bertz CT molecular complexity index is 560. The molecule has 0 saturated heterocycles. The van der Waals surface area contributed by atoms with Gasteiger partial charge in [-0.2, -0.15) is 0 Å². The van der Waals surface area contributed by atoms with E-state index in [0.29, 0.717) is 0 Å². The van der Waals surface area contributed by atoms with Gasteiger partial charge in [0.2, 0.25) is 5.91 Å². The van der Waals surface area contributed by atoms with Crippen molar-refractivity contribution in [2.24, 2.45) is 11.7 Å². The molecule has 0 bridgehead atoms. The Morgan fingerprint density at radius 2 is 2.00 bits per heavy atom. The number of nitro groups is 1. The van der Waals surface area contributed by atoms with E-state index in [9.17, 15) is 19.7 Å². The molecular weight excluding hydrogens is 286 g/mol. The zero-order valence-electron chi connectivity index (χ0n) is 10.9. The molecule has 7 nitrogen and oxygen atoms in total. The lowest BCUT2D eigenvalue weighted by molar-refractivity contribution is -0.385. The SMILES string of the molecule is CC(C)C(NC(=O)c1cccc(Cl)c1[N+](=O)[O-])C(N)=O. The fourth-order valence-electron chi connectivity index (χ4n) is 1.67. The van der Waals surface area contributed by atoms with Crippen molar-refractivity contribution in [2.45, 2.75) is 19.9 Å².